The van der Waals surface area contributed by atoms with Crippen molar-refractivity contribution in [3.8, 4) is 9.88 Å². The molecule has 0 aliphatic rings. The number of rotatable bonds is 3. The molecule has 0 aliphatic carbocycles. The van der Waals surface area contributed by atoms with Gasteiger partial charge in [0.15, 0.2) is 0 Å². The van der Waals surface area contributed by atoms with Crippen LogP contribution in [0.5, 0.6) is 0 Å². The van der Waals surface area contributed by atoms with Gasteiger partial charge in [0.25, 0.3) is 5.91 Å². The summed E-state index contributed by atoms with van der Waals surface area (Å²) < 4.78 is 0.865. The average Bonchev–Trinajstić information content (AvgIpc) is 3.10. The zero-order chi connectivity index (χ0) is 15.7. The Hall–Kier alpha value is -1.21. The number of hydrogen-bond acceptors (Lipinski definition) is 4. The third-order valence-electron chi connectivity index (χ3n) is 2.91. The van der Waals surface area contributed by atoms with Gasteiger partial charge in [0.05, 0.1) is 21.3 Å². The van der Waals surface area contributed by atoms with E-state index in [0.717, 1.165) is 20.1 Å². The van der Waals surface area contributed by atoms with Crippen LogP contribution >= 0.6 is 50.2 Å². The number of anilines is 1. The second-order valence-electron chi connectivity index (χ2n) is 4.49. The summed E-state index contributed by atoms with van der Waals surface area (Å²) in [4.78, 5) is 18.6. The molecule has 2 aromatic heterocycles. The zero-order valence-corrected chi connectivity index (χ0v) is 15.4. The van der Waals surface area contributed by atoms with Gasteiger partial charge in [0, 0.05) is 4.47 Å². The van der Waals surface area contributed by atoms with Gasteiger partial charge in [-0.05, 0) is 36.6 Å². The van der Waals surface area contributed by atoms with E-state index in [0.29, 0.717) is 15.6 Å². The number of carbonyl (C=O) groups is 1. The fourth-order valence-electron chi connectivity index (χ4n) is 1.88. The summed E-state index contributed by atoms with van der Waals surface area (Å²) in [7, 11) is 0. The van der Waals surface area contributed by atoms with Gasteiger partial charge in [-0.1, -0.05) is 33.6 Å². The molecule has 22 heavy (non-hydrogen) atoms. The lowest BCUT2D eigenvalue weighted by Gasteiger charge is -2.06. The summed E-state index contributed by atoms with van der Waals surface area (Å²) in [5.74, 6) is -0.193. The third kappa shape index (κ3) is 3.25. The molecule has 2 heterocycles. The van der Waals surface area contributed by atoms with Gasteiger partial charge in [-0.2, -0.15) is 0 Å². The molecule has 0 saturated carbocycles. The lowest BCUT2D eigenvalue weighted by atomic mass is 10.3. The molecular weight excluding hydrogens is 404 g/mol. The first-order valence-corrected chi connectivity index (χ1v) is 9.19. The number of nitrogens with zero attached hydrogens (tertiary/aromatic N) is 1. The number of thiophene rings is 1. The highest BCUT2D eigenvalue weighted by Gasteiger charge is 2.17. The Labute approximate surface area is 149 Å². The molecule has 0 spiro atoms. The highest BCUT2D eigenvalue weighted by molar-refractivity contribution is 9.10. The molecule has 0 radical (unpaired) electrons. The van der Waals surface area contributed by atoms with E-state index in [1.165, 1.54) is 11.3 Å². The second-order valence-corrected chi connectivity index (χ2v) is 7.76. The van der Waals surface area contributed by atoms with Crippen molar-refractivity contribution in [2.45, 2.75) is 6.92 Å². The van der Waals surface area contributed by atoms with E-state index in [1.54, 1.807) is 23.5 Å². The van der Waals surface area contributed by atoms with Crippen LogP contribution in [0.3, 0.4) is 0 Å². The molecule has 0 atom stereocenters. The van der Waals surface area contributed by atoms with Crippen LogP contribution in [0.2, 0.25) is 5.02 Å². The number of carbonyl (C=O) groups excluding carboxylic acids is 1. The van der Waals surface area contributed by atoms with E-state index in [4.69, 9.17) is 11.6 Å². The first kappa shape index (κ1) is 15.7. The van der Waals surface area contributed by atoms with E-state index >= 15 is 0 Å². The highest BCUT2D eigenvalue weighted by Crippen LogP contribution is 2.32. The highest BCUT2D eigenvalue weighted by atomic mass is 79.9. The summed E-state index contributed by atoms with van der Waals surface area (Å²) in [5, 5.41) is 6.18. The normalized spacial score (nSPS) is 10.7. The van der Waals surface area contributed by atoms with Crippen LogP contribution in [0.15, 0.2) is 40.2 Å². The Morgan fingerprint density at radius 1 is 1.36 bits per heavy atom. The number of benzene rings is 1. The molecule has 3 rings (SSSR count). The third-order valence-corrected chi connectivity index (χ3v) is 5.92. The van der Waals surface area contributed by atoms with Crippen molar-refractivity contribution < 1.29 is 4.79 Å². The van der Waals surface area contributed by atoms with Crippen LogP contribution in [-0.4, -0.2) is 10.9 Å². The molecule has 112 valence electrons. The summed E-state index contributed by atoms with van der Waals surface area (Å²) in [6, 6.07) is 9.31. The fourth-order valence-corrected chi connectivity index (χ4v) is 4.36. The van der Waals surface area contributed by atoms with Crippen molar-refractivity contribution in [1.29, 1.82) is 0 Å². The number of aromatic nitrogens is 1. The monoisotopic (exact) mass is 412 g/mol. The van der Waals surface area contributed by atoms with E-state index in [-0.39, 0.29) is 5.91 Å². The number of halogens is 2. The molecular formula is C15H10BrClN2OS2. The Bertz CT molecular complexity index is 830. The van der Waals surface area contributed by atoms with Crippen LogP contribution in [0.1, 0.15) is 15.4 Å². The molecule has 3 nitrogen and oxygen atoms in total. The van der Waals surface area contributed by atoms with Gasteiger partial charge < -0.3 is 5.32 Å². The number of hydrogen-bond donors (Lipinski definition) is 1. The summed E-state index contributed by atoms with van der Waals surface area (Å²) in [6.45, 7) is 1.84. The molecule has 0 fully saturated rings. The predicted molar refractivity (Wildman–Crippen MR) is 97.3 cm³/mol. The molecule has 0 aliphatic heterocycles. The SMILES string of the molecule is Cc1nc(-c2cccs2)sc1C(=O)Nc1ccc(Br)cc1Cl. The van der Waals surface area contributed by atoms with Crippen LogP contribution in [0.4, 0.5) is 5.69 Å². The number of aryl methyl sites for hydroxylation is 1. The summed E-state index contributed by atoms with van der Waals surface area (Å²) in [5.41, 5.74) is 1.31. The lowest BCUT2D eigenvalue weighted by molar-refractivity contribution is 0.103. The topological polar surface area (TPSA) is 42.0 Å². The fraction of sp³-hybridized carbons (Fsp3) is 0.0667. The van der Waals surface area contributed by atoms with Crippen molar-refractivity contribution in [3.63, 3.8) is 0 Å². The first-order chi connectivity index (χ1) is 10.5. The van der Waals surface area contributed by atoms with Crippen molar-refractivity contribution in [3.05, 3.63) is 55.8 Å². The van der Waals surface area contributed by atoms with E-state index < -0.39 is 0 Å². The van der Waals surface area contributed by atoms with Crippen molar-refractivity contribution in [1.82, 2.24) is 4.98 Å². The predicted octanol–water partition coefficient (Wildman–Crippen LogP) is 5.85. The quantitative estimate of drug-likeness (QED) is 0.585. The summed E-state index contributed by atoms with van der Waals surface area (Å²) in [6.07, 6.45) is 0. The molecule has 1 N–H and O–H groups in total. The van der Waals surface area contributed by atoms with Gasteiger partial charge in [-0.3, -0.25) is 4.79 Å². The molecule has 1 aromatic carbocycles. The largest absolute Gasteiger partial charge is 0.320 e. The van der Waals surface area contributed by atoms with E-state index in [1.807, 2.05) is 30.5 Å². The number of amides is 1. The van der Waals surface area contributed by atoms with Crippen molar-refractivity contribution in [2.75, 3.05) is 5.32 Å². The molecule has 0 bridgehead atoms. The van der Waals surface area contributed by atoms with Crippen LogP contribution in [0, 0.1) is 6.92 Å². The minimum atomic E-state index is -0.193. The molecule has 3 aromatic rings. The van der Waals surface area contributed by atoms with E-state index in [2.05, 4.69) is 26.2 Å². The second kappa shape index (κ2) is 6.50. The van der Waals surface area contributed by atoms with Gasteiger partial charge >= 0.3 is 0 Å². The van der Waals surface area contributed by atoms with Crippen LogP contribution in [0.25, 0.3) is 9.88 Å². The van der Waals surface area contributed by atoms with Crippen LogP contribution in [-0.2, 0) is 0 Å². The van der Waals surface area contributed by atoms with Gasteiger partial charge in [-0.25, -0.2) is 4.98 Å². The van der Waals surface area contributed by atoms with Gasteiger partial charge in [-0.15, -0.1) is 22.7 Å². The smallest absolute Gasteiger partial charge is 0.267 e. The zero-order valence-electron chi connectivity index (χ0n) is 11.4. The van der Waals surface area contributed by atoms with Crippen molar-refractivity contribution in [2.24, 2.45) is 0 Å². The van der Waals surface area contributed by atoms with Crippen molar-refractivity contribution >= 4 is 61.8 Å². The minimum absolute atomic E-state index is 0.193. The Morgan fingerprint density at radius 3 is 2.86 bits per heavy atom. The maximum absolute atomic E-state index is 12.4. The minimum Gasteiger partial charge on any atom is -0.320 e. The number of thiazole rings is 1. The lowest BCUT2D eigenvalue weighted by Crippen LogP contribution is -2.11. The molecule has 0 unspecified atom stereocenters. The Kier molecular flexibility index (Phi) is 4.63. The Morgan fingerprint density at radius 2 is 2.18 bits per heavy atom. The van der Waals surface area contributed by atoms with Gasteiger partial charge in [0.1, 0.15) is 9.88 Å². The maximum Gasteiger partial charge on any atom is 0.267 e. The molecule has 0 saturated heterocycles. The Balaban J connectivity index is 1.86. The first-order valence-electron chi connectivity index (χ1n) is 6.32. The van der Waals surface area contributed by atoms with Crippen LogP contribution < -0.4 is 5.32 Å². The maximum atomic E-state index is 12.4. The average molecular weight is 414 g/mol. The summed E-state index contributed by atoms with van der Waals surface area (Å²) >= 11 is 12.5. The van der Waals surface area contributed by atoms with E-state index in [9.17, 15) is 4.79 Å². The molecule has 1 amide bonds. The standard InChI is InChI=1S/C15H10BrClN2OS2/c1-8-13(22-15(18-8)12-3-2-6-21-12)14(20)19-11-5-4-9(16)7-10(11)17/h2-7H,1H3,(H,19,20). The number of nitrogens with one attached hydrogen (secondary N) is 1. The molecule has 7 heteroatoms. The van der Waals surface area contributed by atoms with Gasteiger partial charge in [0.2, 0.25) is 0 Å².